The molecule has 4 nitrogen and oxygen atoms in total. The molecule has 0 aromatic carbocycles. The third-order valence-corrected chi connectivity index (χ3v) is 3.78. The third-order valence-electron chi connectivity index (χ3n) is 3.78. The standard InChI is InChI=1S/C14H23N3O/c1-15-11-7-8-16-12(9-11)10-17(2)13-5-3-4-6-14(13)18/h7-9,13-14,18H,3-6,10H2,1-2H3,(H,15,16). The lowest BCUT2D eigenvalue weighted by Crippen LogP contribution is -2.43. The Balaban J connectivity index is 1.98. The van der Waals surface area contributed by atoms with E-state index in [1.807, 2.05) is 19.3 Å². The van der Waals surface area contributed by atoms with Crippen LogP contribution in [0.3, 0.4) is 0 Å². The van der Waals surface area contributed by atoms with Gasteiger partial charge in [0.2, 0.25) is 0 Å². The van der Waals surface area contributed by atoms with Gasteiger partial charge in [-0.3, -0.25) is 9.88 Å². The fourth-order valence-electron chi connectivity index (χ4n) is 2.70. The predicted molar refractivity (Wildman–Crippen MR) is 73.5 cm³/mol. The Morgan fingerprint density at radius 1 is 1.44 bits per heavy atom. The molecular formula is C14H23N3O. The molecule has 1 saturated carbocycles. The van der Waals surface area contributed by atoms with Crippen molar-refractivity contribution in [2.75, 3.05) is 19.4 Å². The minimum absolute atomic E-state index is 0.184. The van der Waals surface area contributed by atoms with Crippen LogP contribution in [0.5, 0.6) is 0 Å². The van der Waals surface area contributed by atoms with Gasteiger partial charge in [-0.15, -0.1) is 0 Å². The van der Waals surface area contributed by atoms with Crippen molar-refractivity contribution in [1.82, 2.24) is 9.88 Å². The Morgan fingerprint density at radius 2 is 2.22 bits per heavy atom. The van der Waals surface area contributed by atoms with E-state index >= 15 is 0 Å². The van der Waals surface area contributed by atoms with Crippen molar-refractivity contribution in [2.24, 2.45) is 0 Å². The SMILES string of the molecule is CNc1ccnc(CN(C)C2CCCCC2O)c1. The highest BCUT2D eigenvalue weighted by Crippen LogP contribution is 2.23. The van der Waals surface area contributed by atoms with Crippen LogP contribution in [-0.2, 0) is 6.54 Å². The van der Waals surface area contributed by atoms with Crippen molar-refractivity contribution < 1.29 is 5.11 Å². The average Bonchev–Trinajstić information content (AvgIpc) is 2.39. The van der Waals surface area contributed by atoms with E-state index in [0.717, 1.165) is 37.2 Å². The van der Waals surface area contributed by atoms with Crippen LogP contribution in [0.25, 0.3) is 0 Å². The smallest absolute Gasteiger partial charge is 0.0695 e. The van der Waals surface area contributed by atoms with E-state index in [-0.39, 0.29) is 12.1 Å². The first kappa shape index (κ1) is 13.3. The summed E-state index contributed by atoms with van der Waals surface area (Å²) in [6, 6.07) is 4.30. The molecule has 1 aliphatic rings. The lowest BCUT2D eigenvalue weighted by Gasteiger charge is -2.35. The molecule has 100 valence electrons. The highest BCUT2D eigenvalue weighted by atomic mass is 16.3. The first-order valence-electron chi connectivity index (χ1n) is 6.71. The van der Waals surface area contributed by atoms with Gasteiger partial charge in [0.05, 0.1) is 11.8 Å². The molecule has 0 amide bonds. The summed E-state index contributed by atoms with van der Waals surface area (Å²) in [7, 11) is 3.99. The molecule has 2 unspecified atom stereocenters. The van der Waals surface area contributed by atoms with Gasteiger partial charge in [0.25, 0.3) is 0 Å². The Labute approximate surface area is 109 Å². The molecule has 2 N–H and O–H groups in total. The van der Waals surface area contributed by atoms with Crippen LogP contribution in [0.4, 0.5) is 5.69 Å². The highest BCUT2D eigenvalue weighted by molar-refractivity contribution is 5.42. The maximum absolute atomic E-state index is 10.0. The van der Waals surface area contributed by atoms with Gasteiger partial charge >= 0.3 is 0 Å². The van der Waals surface area contributed by atoms with E-state index in [4.69, 9.17) is 0 Å². The van der Waals surface area contributed by atoms with Crippen LogP contribution in [0, 0.1) is 0 Å². The summed E-state index contributed by atoms with van der Waals surface area (Å²) < 4.78 is 0. The third kappa shape index (κ3) is 3.21. The molecule has 0 saturated heterocycles. The molecule has 1 fully saturated rings. The van der Waals surface area contributed by atoms with Gasteiger partial charge < -0.3 is 10.4 Å². The Morgan fingerprint density at radius 3 is 2.94 bits per heavy atom. The topological polar surface area (TPSA) is 48.4 Å². The molecular weight excluding hydrogens is 226 g/mol. The average molecular weight is 249 g/mol. The van der Waals surface area contributed by atoms with E-state index in [1.165, 1.54) is 6.42 Å². The van der Waals surface area contributed by atoms with Crippen LogP contribution in [0.15, 0.2) is 18.3 Å². The molecule has 0 radical (unpaired) electrons. The number of nitrogens with one attached hydrogen (secondary N) is 1. The van der Waals surface area contributed by atoms with Gasteiger partial charge in [-0.2, -0.15) is 0 Å². The zero-order valence-electron chi connectivity index (χ0n) is 11.3. The highest BCUT2D eigenvalue weighted by Gasteiger charge is 2.26. The van der Waals surface area contributed by atoms with Crippen LogP contribution >= 0.6 is 0 Å². The molecule has 0 spiro atoms. The zero-order valence-corrected chi connectivity index (χ0v) is 11.3. The van der Waals surface area contributed by atoms with E-state index in [2.05, 4.69) is 28.3 Å². The molecule has 1 aromatic heterocycles. The van der Waals surface area contributed by atoms with Crippen LogP contribution in [0.2, 0.25) is 0 Å². The summed E-state index contributed by atoms with van der Waals surface area (Å²) >= 11 is 0. The predicted octanol–water partition coefficient (Wildman–Crippen LogP) is 1.86. The van der Waals surface area contributed by atoms with Gasteiger partial charge in [-0.05, 0) is 32.0 Å². The first-order chi connectivity index (χ1) is 8.70. The van der Waals surface area contributed by atoms with Crippen molar-refractivity contribution >= 4 is 5.69 Å². The Hall–Kier alpha value is -1.13. The van der Waals surface area contributed by atoms with Crippen molar-refractivity contribution in [3.05, 3.63) is 24.0 Å². The summed E-state index contributed by atoms with van der Waals surface area (Å²) in [6.45, 7) is 0.789. The molecule has 2 atom stereocenters. The minimum atomic E-state index is -0.184. The Bertz CT molecular complexity index is 383. The number of likely N-dealkylation sites (N-methyl/N-ethyl adjacent to an activating group) is 1. The lowest BCUT2D eigenvalue weighted by atomic mass is 9.91. The number of hydrogen-bond donors (Lipinski definition) is 2. The molecule has 0 aliphatic heterocycles. The largest absolute Gasteiger partial charge is 0.391 e. The number of rotatable bonds is 4. The number of hydrogen-bond acceptors (Lipinski definition) is 4. The van der Waals surface area contributed by atoms with Gasteiger partial charge in [-0.25, -0.2) is 0 Å². The van der Waals surface area contributed by atoms with Crippen molar-refractivity contribution in [2.45, 2.75) is 44.4 Å². The Kier molecular flexibility index (Phi) is 4.55. The number of anilines is 1. The fraction of sp³-hybridized carbons (Fsp3) is 0.643. The molecule has 18 heavy (non-hydrogen) atoms. The molecule has 0 bridgehead atoms. The van der Waals surface area contributed by atoms with Gasteiger partial charge in [0.15, 0.2) is 0 Å². The number of aliphatic hydroxyl groups is 1. The van der Waals surface area contributed by atoms with Gasteiger partial charge in [0.1, 0.15) is 0 Å². The summed E-state index contributed by atoms with van der Waals surface area (Å²) in [5.41, 5.74) is 2.12. The normalized spacial score (nSPS) is 24.2. The maximum Gasteiger partial charge on any atom is 0.0695 e. The zero-order chi connectivity index (χ0) is 13.0. The second-order valence-corrected chi connectivity index (χ2v) is 5.12. The van der Waals surface area contributed by atoms with Gasteiger partial charge in [-0.1, -0.05) is 12.8 Å². The minimum Gasteiger partial charge on any atom is -0.391 e. The van der Waals surface area contributed by atoms with E-state index in [9.17, 15) is 5.11 Å². The number of aromatic nitrogens is 1. The quantitative estimate of drug-likeness (QED) is 0.855. The lowest BCUT2D eigenvalue weighted by molar-refractivity contribution is 0.0283. The summed E-state index contributed by atoms with van der Waals surface area (Å²) in [5, 5.41) is 13.2. The summed E-state index contributed by atoms with van der Waals surface area (Å²) in [6.07, 6.45) is 6.03. The van der Waals surface area contributed by atoms with Crippen LogP contribution in [0.1, 0.15) is 31.4 Å². The van der Waals surface area contributed by atoms with Crippen LogP contribution < -0.4 is 5.32 Å². The first-order valence-corrected chi connectivity index (χ1v) is 6.71. The molecule has 2 rings (SSSR count). The van der Waals surface area contributed by atoms with Gasteiger partial charge in [0, 0.05) is 31.5 Å². The van der Waals surface area contributed by atoms with E-state index in [1.54, 1.807) is 0 Å². The second-order valence-electron chi connectivity index (χ2n) is 5.12. The second kappa shape index (κ2) is 6.16. The number of nitrogens with zero attached hydrogens (tertiary/aromatic N) is 2. The van der Waals surface area contributed by atoms with Crippen molar-refractivity contribution in [1.29, 1.82) is 0 Å². The molecule has 1 aromatic rings. The molecule has 1 heterocycles. The van der Waals surface area contributed by atoms with E-state index < -0.39 is 0 Å². The molecule has 1 aliphatic carbocycles. The van der Waals surface area contributed by atoms with E-state index in [0.29, 0.717) is 0 Å². The van der Waals surface area contributed by atoms with Crippen LogP contribution in [-0.4, -0.2) is 41.2 Å². The maximum atomic E-state index is 10.0. The van der Waals surface area contributed by atoms with Crippen molar-refractivity contribution in [3.63, 3.8) is 0 Å². The molecule has 4 heteroatoms. The summed E-state index contributed by atoms with van der Waals surface area (Å²) in [5.74, 6) is 0. The monoisotopic (exact) mass is 249 g/mol. The fourth-order valence-corrected chi connectivity index (χ4v) is 2.70. The summed E-state index contributed by atoms with van der Waals surface area (Å²) in [4.78, 5) is 6.61. The number of pyridine rings is 1. The number of aliphatic hydroxyl groups excluding tert-OH is 1. The van der Waals surface area contributed by atoms with Crippen molar-refractivity contribution in [3.8, 4) is 0 Å².